The predicted molar refractivity (Wildman–Crippen MR) is 85.3 cm³/mol. The van der Waals surface area contributed by atoms with Crippen LogP contribution in [0.2, 0.25) is 0 Å². The van der Waals surface area contributed by atoms with E-state index < -0.39 is 10.8 Å². The van der Waals surface area contributed by atoms with Crippen molar-refractivity contribution in [1.82, 2.24) is 5.32 Å². The van der Waals surface area contributed by atoms with Gasteiger partial charge in [0, 0.05) is 11.6 Å². The van der Waals surface area contributed by atoms with Gasteiger partial charge in [-0.15, -0.1) is 0 Å². The van der Waals surface area contributed by atoms with Crippen LogP contribution >= 0.6 is 0 Å². The van der Waals surface area contributed by atoms with Gasteiger partial charge in [0.15, 0.2) is 0 Å². The third-order valence-corrected chi connectivity index (χ3v) is 3.01. The summed E-state index contributed by atoms with van der Waals surface area (Å²) in [5.41, 5.74) is 0.572. The Morgan fingerprint density at radius 2 is 1.91 bits per heavy atom. The van der Waals surface area contributed by atoms with Crippen molar-refractivity contribution in [2.75, 3.05) is 13.7 Å². The molecule has 2 aromatic rings. The number of nitro groups is 1. The highest BCUT2D eigenvalue weighted by atomic mass is 16.6. The summed E-state index contributed by atoms with van der Waals surface area (Å²) in [6, 6.07) is 13.0. The molecule has 0 saturated heterocycles. The molecule has 0 aliphatic carbocycles. The highest BCUT2D eigenvalue weighted by Gasteiger charge is 2.18. The number of nitro benzene ring substituents is 1. The number of para-hydroxylation sites is 1. The van der Waals surface area contributed by atoms with Crippen LogP contribution in [-0.4, -0.2) is 24.5 Å². The van der Waals surface area contributed by atoms with Gasteiger partial charge >= 0.3 is 0 Å². The van der Waals surface area contributed by atoms with Gasteiger partial charge in [0.2, 0.25) is 0 Å². The van der Waals surface area contributed by atoms with Crippen LogP contribution in [0.4, 0.5) is 5.69 Å². The molecule has 0 unspecified atom stereocenters. The van der Waals surface area contributed by atoms with Crippen molar-refractivity contribution >= 4 is 11.6 Å². The van der Waals surface area contributed by atoms with Crippen LogP contribution in [0.15, 0.2) is 48.5 Å². The molecule has 0 atom stereocenters. The smallest absolute Gasteiger partial charge is 0.282 e. The average molecular weight is 310 g/mol. The van der Waals surface area contributed by atoms with E-state index in [1.165, 1.54) is 18.2 Å². The lowest BCUT2D eigenvalue weighted by atomic mass is 10.1. The summed E-state index contributed by atoms with van der Waals surface area (Å²) < 4.78 is 5.05. The zero-order valence-electron chi connectivity index (χ0n) is 12.4. The standard InChI is InChI=1S/C17H14N2O4/c1-23-14-10-8-13(9-11-14)5-4-12-18-17(20)15-6-2-3-7-16(15)19(21)22/h2-3,6-11H,12H2,1H3,(H,18,20). The second kappa shape index (κ2) is 7.61. The Morgan fingerprint density at radius 1 is 1.22 bits per heavy atom. The van der Waals surface area contributed by atoms with E-state index in [0.717, 1.165) is 11.3 Å². The number of carbonyl (C=O) groups excluding carboxylic acids is 1. The number of amides is 1. The van der Waals surface area contributed by atoms with E-state index >= 15 is 0 Å². The van der Waals surface area contributed by atoms with Crippen LogP contribution in [0.3, 0.4) is 0 Å². The summed E-state index contributed by atoms with van der Waals surface area (Å²) >= 11 is 0. The van der Waals surface area contributed by atoms with Gasteiger partial charge < -0.3 is 10.1 Å². The van der Waals surface area contributed by atoms with Crippen LogP contribution < -0.4 is 10.1 Å². The van der Waals surface area contributed by atoms with Crippen LogP contribution in [0.1, 0.15) is 15.9 Å². The van der Waals surface area contributed by atoms with Crippen molar-refractivity contribution in [3.8, 4) is 17.6 Å². The molecular formula is C17H14N2O4. The summed E-state index contributed by atoms with van der Waals surface area (Å²) in [6.07, 6.45) is 0. The molecule has 0 aliphatic heterocycles. The van der Waals surface area contributed by atoms with Crippen LogP contribution in [0, 0.1) is 22.0 Å². The number of hydrogen-bond acceptors (Lipinski definition) is 4. The molecule has 2 aromatic carbocycles. The van der Waals surface area contributed by atoms with E-state index in [4.69, 9.17) is 4.74 Å². The Bertz CT molecular complexity index is 773. The van der Waals surface area contributed by atoms with Gasteiger partial charge in [0.25, 0.3) is 11.6 Å². The molecule has 0 fully saturated rings. The Kier molecular flexibility index (Phi) is 5.31. The zero-order valence-corrected chi connectivity index (χ0v) is 12.4. The normalized spacial score (nSPS) is 9.43. The first-order chi connectivity index (χ1) is 11.1. The summed E-state index contributed by atoms with van der Waals surface area (Å²) in [6.45, 7) is 0.0942. The fourth-order valence-electron chi connectivity index (χ4n) is 1.87. The molecular weight excluding hydrogens is 296 g/mol. The molecule has 0 aromatic heterocycles. The number of nitrogens with zero attached hydrogens (tertiary/aromatic N) is 1. The minimum Gasteiger partial charge on any atom is -0.497 e. The fourth-order valence-corrected chi connectivity index (χ4v) is 1.87. The van der Waals surface area contributed by atoms with E-state index in [1.807, 2.05) is 0 Å². The quantitative estimate of drug-likeness (QED) is 0.534. The molecule has 0 radical (unpaired) electrons. The summed E-state index contributed by atoms with van der Waals surface area (Å²) in [5.74, 6) is 5.89. The van der Waals surface area contributed by atoms with E-state index in [1.54, 1.807) is 37.4 Å². The number of methoxy groups -OCH3 is 1. The van der Waals surface area contributed by atoms with Crippen LogP contribution in [0.25, 0.3) is 0 Å². The Labute approximate surface area is 133 Å². The maximum Gasteiger partial charge on any atom is 0.282 e. The Morgan fingerprint density at radius 3 is 2.57 bits per heavy atom. The molecule has 0 heterocycles. The first kappa shape index (κ1) is 16.0. The molecule has 0 saturated carbocycles. The molecule has 2 rings (SSSR count). The van der Waals surface area contributed by atoms with Gasteiger partial charge in [0.1, 0.15) is 11.3 Å². The lowest BCUT2D eigenvalue weighted by Gasteiger charge is -2.02. The van der Waals surface area contributed by atoms with E-state index in [-0.39, 0.29) is 17.8 Å². The van der Waals surface area contributed by atoms with E-state index in [9.17, 15) is 14.9 Å². The summed E-state index contributed by atoms with van der Waals surface area (Å²) in [7, 11) is 1.58. The van der Waals surface area contributed by atoms with Crippen LogP contribution in [0.5, 0.6) is 5.75 Å². The van der Waals surface area contributed by atoms with E-state index in [2.05, 4.69) is 17.2 Å². The molecule has 6 nitrogen and oxygen atoms in total. The second-order valence-electron chi connectivity index (χ2n) is 4.49. The number of carbonyl (C=O) groups is 1. The van der Waals surface area contributed by atoms with Crippen molar-refractivity contribution in [3.05, 3.63) is 69.8 Å². The maximum absolute atomic E-state index is 12.0. The van der Waals surface area contributed by atoms with Crippen molar-refractivity contribution in [2.24, 2.45) is 0 Å². The van der Waals surface area contributed by atoms with Gasteiger partial charge in [-0.05, 0) is 30.3 Å². The van der Waals surface area contributed by atoms with Crippen LogP contribution in [-0.2, 0) is 0 Å². The first-order valence-electron chi connectivity index (χ1n) is 6.76. The number of rotatable bonds is 4. The van der Waals surface area contributed by atoms with Gasteiger partial charge in [0.05, 0.1) is 18.6 Å². The van der Waals surface area contributed by atoms with E-state index in [0.29, 0.717) is 0 Å². The zero-order chi connectivity index (χ0) is 16.7. The predicted octanol–water partition coefficient (Wildman–Crippen LogP) is 2.38. The first-order valence-corrected chi connectivity index (χ1v) is 6.76. The number of nitrogens with one attached hydrogen (secondary N) is 1. The molecule has 0 aliphatic rings. The SMILES string of the molecule is COc1ccc(C#CCNC(=O)c2ccccc2[N+](=O)[O-])cc1. The monoisotopic (exact) mass is 310 g/mol. The van der Waals surface area contributed by atoms with Gasteiger partial charge in [-0.25, -0.2) is 0 Å². The second-order valence-corrected chi connectivity index (χ2v) is 4.49. The molecule has 0 spiro atoms. The highest BCUT2D eigenvalue weighted by Crippen LogP contribution is 2.17. The minimum absolute atomic E-state index is 0.0174. The van der Waals surface area contributed by atoms with Gasteiger partial charge in [-0.1, -0.05) is 24.0 Å². The third-order valence-electron chi connectivity index (χ3n) is 3.01. The maximum atomic E-state index is 12.0. The number of hydrogen-bond donors (Lipinski definition) is 1. The van der Waals surface area contributed by atoms with Gasteiger partial charge in [-0.2, -0.15) is 0 Å². The minimum atomic E-state index is -0.585. The molecule has 6 heteroatoms. The van der Waals surface area contributed by atoms with Crippen molar-refractivity contribution in [1.29, 1.82) is 0 Å². The number of ether oxygens (including phenoxy) is 1. The Hall–Kier alpha value is -3.33. The Balaban J connectivity index is 1.98. The largest absolute Gasteiger partial charge is 0.497 e. The average Bonchev–Trinajstić information content (AvgIpc) is 2.59. The fraction of sp³-hybridized carbons (Fsp3) is 0.118. The van der Waals surface area contributed by atoms with Gasteiger partial charge in [-0.3, -0.25) is 14.9 Å². The third kappa shape index (κ3) is 4.32. The molecule has 23 heavy (non-hydrogen) atoms. The lowest BCUT2D eigenvalue weighted by Crippen LogP contribution is -2.24. The molecule has 1 amide bonds. The molecule has 1 N–H and O–H groups in total. The number of benzene rings is 2. The molecule has 116 valence electrons. The summed E-state index contributed by atoms with van der Waals surface area (Å²) in [5, 5.41) is 13.4. The topological polar surface area (TPSA) is 81.5 Å². The van der Waals surface area contributed by atoms with Crippen molar-refractivity contribution < 1.29 is 14.5 Å². The summed E-state index contributed by atoms with van der Waals surface area (Å²) in [4.78, 5) is 22.3. The van der Waals surface area contributed by atoms with Crippen molar-refractivity contribution in [2.45, 2.75) is 0 Å². The van der Waals surface area contributed by atoms with Crippen molar-refractivity contribution in [3.63, 3.8) is 0 Å². The molecule has 0 bridgehead atoms. The highest BCUT2D eigenvalue weighted by molar-refractivity contribution is 5.98. The lowest BCUT2D eigenvalue weighted by molar-refractivity contribution is -0.385.